The van der Waals surface area contributed by atoms with Crippen LogP contribution in [0.15, 0.2) is 35.7 Å². The summed E-state index contributed by atoms with van der Waals surface area (Å²) in [6, 6.07) is 6.79. The standard InChI is InChI=1S/C11H11ClN2O2S2/c12-8-1-3-9(4-2-8)13-11(17)14-10-5-6-18(15,16)7-10/h1-6,10H,7H2,(H2,13,14,17). The van der Waals surface area contributed by atoms with Crippen LogP contribution in [0.3, 0.4) is 0 Å². The van der Waals surface area contributed by atoms with Gasteiger partial charge in [0.25, 0.3) is 0 Å². The van der Waals surface area contributed by atoms with E-state index in [1.165, 1.54) is 5.41 Å². The molecule has 1 aromatic rings. The number of rotatable bonds is 2. The Kier molecular flexibility index (Phi) is 3.89. The molecule has 18 heavy (non-hydrogen) atoms. The molecule has 2 N–H and O–H groups in total. The van der Waals surface area contributed by atoms with Gasteiger partial charge < -0.3 is 10.6 Å². The van der Waals surface area contributed by atoms with Crippen LogP contribution in [0.4, 0.5) is 5.69 Å². The van der Waals surface area contributed by atoms with Gasteiger partial charge in [0, 0.05) is 16.1 Å². The first-order valence-electron chi connectivity index (χ1n) is 5.19. The summed E-state index contributed by atoms with van der Waals surface area (Å²) >= 11 is 10.9. The Morgan fingerprint density at radius 1 is 1.33 bits per heavy atom. The third-order valence-electron chi connectivity index (χ3n) is 2.35. The highest BCUT2D eigenvalue weighted by Gasteiger charge is 2.21. The molecule has 0 amide bonds. The third-order valence-corrected chi connectivity index (χ3v) is 4.22. The zero-order valence-electron chi connectivity index (χ0n) is 9.26. The maximum atomic E-state index is 11.2. The van der Waals surface area contributed by atoms with E-state index in [2.05, 4.69) is 10.6 Å². The number of halogens is 1. The lowest BCUT2D eigenvalue weighted by molar-refractivity contribution is 0.603. The number of hydrogen-bond donors (Lipinski definition) is 2. The van der Waals surface area contributed by atoms with Gasteiger partial charge in [0.05, 0.1) is 11.8 Å². The number of hydrogen-bond acceptors (Lipinski definition) is 3. The second-order valence-corrected chi connectivity index (χ2v) is 6.65. The van der Waals surface area contributed by atoms with Gasteiger partial charge in [-0.25, -0.2) is 8.42 Å². The molecule has 96 valence electrons. The summed E-state index contributed by atoms with van der Waals surface area (Å²) in [5.41, 5.74) is 0.793. The molecule has 0 saturated carbocycles. The number of benzene rings is 1. The normalized spacial score (nSPS) is 20.6. The Hall–Kier alpha value is -1.11. The van der Waals surface area contributed by atoms with Gasteiger partial charge in [0.15, 0.2) is 14.9 Å². The molecule has 7 heteroatoms. The summed E-state index contributed by atoms with van der Waals surface area (Å²) in [5.74, 6) is 0.0371. The summed E-state index contributed by atoms with van der Waals surface area (Å²) in [7, 11) is -3.07. The second kappa shape index (κ2) is 5.26. The van der Waals surface area contributed by atoms with E-state index in [9.17, 15) is 8.42 Å². The van der Waals surface area contributed by atoms with Crippen LogP contribution in [0.2, 0.25) is 5.02 Å². The van der Waals surface area contributed by atoms with Gasteiger partial charge in [-0.15, -0.1) is 0 Å². The summed E-state index contributed by atoms with van der Waals surface area (Å²) < 4.78 is 22.4. The lowest BCUT2D eigenvalue weighted by Gasteiger charge is -2.14. The van der Waals surface area contributed by atoms with Crippen LogP contribution in [0.25, 0.3) is 0 Å². The van der Waals surface area contributed by atoms with Gasteiger partial charge in [-0.1, -0.05) is 11.6 Å². The molecule has 0 aliphatic carbocycles. The maximum Gasteiger partial charge on any atom is 0.173 e. The van der Waals surface area contributed by atoms with Crippen LogP contribution in [-0.2, 0) is 9.84 Å². The number of thiocarbonyl (C=S) groups is 1. The average molecular weight is 303 g/mol. The van der Waals surface area contributed by atoms with Crippen molar-refractivity contribution in [3.05, 3.63) is 40.8 Å². The number of anilines is 1. The average Bonchev–Trinajstić information content (AvgIpc) is 2.61. The van der Waals surface area contributed by atoms with Gasteiger partial charge in [-0.05, 0) is 42.6 Å². The highest BCUT2D eigenvalue weighted by molar-refractivity contribution is 7.94. The number of nitrogens with one attached hydrogen (secondary N) is 2. The fourth-order valence-electron chi connectivity index (χ4n) is 1.53. The molecule has 1 aliphatic heterocycles. The summed E-state index contributed by atoms with van der Waals surface area (Å²) in [6.45, 7) is 0. The van der Waals surface area contributed by atoms with E-state index in [0.29, 0.717) is 10.1 Å². The zero-order chi connectivity index (χ0) is 13.2. The van der Waals surface area contributed by atoms with Crippen LogP contribution in [0.1, 0.15) is 0 Å². The smallest absolute Gasteiger partial charge is 0.173 e. The Morgan fingerprint density at radius 2 is 2.00 bits per heavy atom. The molecule has 1 aliphatic rings. The monoisotopic (exact) mass is 302 g/mol. The third kappa shape index (κ3) is 3.69. The zero-order valence-corrected chi connectivity index (χ0v) is 11.6. The van der Waals surface area contributed by atoms with Gasteiger partial charge >= 0.3 is 0 Å². The Labute approximate surface area is 116 Å². The number of sulfone groups is 1. The van der Waals surface area contributed by atoms with Crippen molar-refractivity contribution in [2.45, 2.75) is 6.04 Å². The van der Waals surface area contributed by atoms with Crippen LogP contribution in [0, 0.1) is 0 Å². The van der Waals surface area contributed by atoms with Gasteiger partial charge in [-0.3, -0.25) is 0 Å². The van der Waals surface area contributed by atoms with Crippen LogP contribution in [-0.4, -0.2) is 25.3 Å². The van der Waals surface area contributed by atoms with Crippen molar-refractivity contribution in [3.63, 3.8) is 0 Å². The van der Waals surface area contributed by atoms with Crippen molar-refractivity contribution in [2.24, 2.45) is 0 Å². The minimum atomic E-state index is -3.07. The predicted octanol–water partition coefficient (Wildman–Crippen LogP) is 1.94. The molecular formula is C11H11ClN2O2S2. The molecule has 1 unspecified atom stereocenters. The van der Waals surface area contributed by atoms with Crippen molar-refractivity contribution in [3.8, 4) is 0 Å². The molecule has 1 aromatic carbocycles. The molecule has 1 heterocycles. The van der Waals surface area contributed by atoms with Crippen molar-refractivity contribution >= 4 is 44.5 Å². The van der Waals surface area contributed by atoms with Crippen LogP contribution in [0.5, 0.6) is 0 Å². The van der Waals surface area contributed by atoms with Gasteiger partial charge in [0.1, 0.15) is 0 Å². The lowest BCUT2D eigenvalue weighted by Crippen LogP contribution is -2.38. The van der Waals surface area contributed by atoms with Crippen LogP contribution >= 0.6 is 23.8 Å². The van der Waals surface area contributed by atoms with Crippen molar-refractivity contribution in [1.29, 1.82) is 0 Å². The summed E-state index contributed by atoms with van der Waals surface area (Å²) in [4.78, 5) is 0. The fraction of sp³-hybridized carbons (Fsp3) is 0.182. The topological polar surface area (TPSA) is 58.2 Å². The molecule has 0 aromatic heterocycles. The molecule has 4 nitrogen and oxygen atoms in total. The summed E-state index contributed by atoms with van der Waals surface area (Å²) in [6.07, 6.45) is 1.59. The van der Waals surface area contributed by atoms with Gasteiger partial charge in [0.2, 0.25) is 0 Å². The van der Waals surface area contributed by atoms with E-state index < -0.39 is 9.84 Å². The first-order valence-corrected chi connectivity index (χ1v) is 7.69. The molecule has 1 atom stereocenters. The molecule has 2 rings (SSSR count). The molecule has 0 fully saturated rings. The molecule has 0 bridgehead atoms. The Bertz CT molecular complexity index is 582. The molecule has 0 spiro atoms. The predicted molar refractivity (Wildman–Crippen MR) is 77.5 cm³/mol. The van der Waals surface area contributed by atoms with Crippen LogP contribution < -0.4 is 10.6 Å². The van der Waals surface area contributed by atoms with Gasteiger partial charge in [-0.2, -0.15) is 0 Å². The Morgan fingerprint density at radius 3 is 2.56 bits per heavy atom. The van der Waals surface area contributed by atoms with Crippen molar-refractivity contribution in [1.82, 2.24) is 5.32 Å². The fourth-order valence-corrected chi connectivity index (χ4v) is 3.16. The van der Waals surface area contributed by atoms with E-state index in [4.69, 9.17) is 23.8 Å². The highest BCUT2D eigenvalue weighted by Crippen LogP contribution is 2.13. The second-order valence-electron chi connectivity index (χ2n) is 3.87. The molecular weight excluding hydrogens is 292 g/mol. The van der Waals surface area contributed by atoms with Crippen molar-refractivity contribution < 1.29 is 8.42 Å². The van der Waals surface area contributed by atoms with Crippen molar-refractivity contribution in [2.75, 3.05) is 11.1 Å². The highest BCUT2D eigenvalue weighted by atomic mass is 35.5. The lowest BCUT2D eigenvalue weighted by atomic mass is 10.3. The van der Waals surface area contributed by atoms with E-state index in [-0.39, 0.29) is 11.8 Å². The first-order chi connectivity index (χ1) is 8.44. The minimum absolute atomic E-state index is 0.0371. The summed E-state index contributed by atoms with van der Waals surface area (Å²) in [5, 5.41) is 8.10. The molecule has 0 saturated heterocycles. The van der Waals surface area contributed by atoms with E-state index in [0.717, 1.165) is 5.69 Å². The van der Waals surface area contributed by atoms with E-state index in [1.807, 2.05) is 0 Å². The maximum absolute atomic E-state index is 11.2. The quantitative estimate of drug-likeness (QED) is 0.818. The molecule has 0 radical (unpaired) electrons. The SMILES string of the molecule is O=S1(=O)C=CC(NC(=S)Nc2ccc(Cl)cc2)C1. The van der Waals surface area contributed by atoms with E-state index in [1.54, 1.807) is 30.3 Å². The first kappa shape index (κ1) is 13.3. The largest absolute Gasteiger partial charge is 0.355 e. The minimum Gasteiger partial charge on any atom is -0.355 e. The Balaban J connectivity index is 1.90. The van der Waals surface area contributed by atoms with E-state index >= 15 is 0 Å².